The first-order valence-electron chi connectivity index (χ1n) is 27.6. The molecule has 0 rings (SSSR count). The zero-order valence-electron chi connectivity index (χ0n) is 43.2. The van der Waals surface area contributed by atoms with Gasteiger partial charge in [-0.05, 0) is 89.9 Å². The zero-order valence-corrected chi connectivity index (χ0v) is 43.2. The molecule has 0 fully saturated rings. The highest BCUT2D eigenvalue weighted by Gasteiger charge is 2.19. The van der Waals surface area contributed by atoms with Gasteiger partial charge in [0.2, 0.25) is 0 Å². The van der Waals surface area contributed by atoms with Crippen molar-refractivity contribution in [1.82, 2.24) is 0 Å². The van der Waals surface area contributed by atoms with Crippen molar-refractivity contribution in [1.29, 1.82) is 0 Å². The normalized spacial score (nSPS) is 12.7. The van der Waals surface area contributed by atoms with Gasteiger partial charge in [-0.1, -0.05) is 234 Å². The van der Waals surface area contributed by atoms with E-state index in [1.54, 1.807) is 0 Å². The highest BCUT2D eigenvalue weighted by molar-refractivity contribution is 5.71. The van der Waals surface area contributed by atoms with Crippen molar-refractivity contribution in [3.8, 4) is 0 Å². The van der Waals surface area contributed by atoms with Crippen LogP contribution in [-0.4, -0.2) is 37.2 Å². The zero-order chi connectivity index (χ0) is 47.9. The number of hydrogen-bond acceptors (Lipinski definition) is 6. The molecule has 0 aliphatic heterocycles. The monoisotopic (exact) mass is 919 g/mol. The molecule has 0 bridgehead atoms. The number of hydrogen-bond donors (Lipinski definition) is 0. The average molecular weight is 919 g/mol. The van der Waals surface area contributed by atoms with Gasteiger partial charge in [0.25, 0.3) is 0 Å². The Hall–Kier alpha value is -3.41. The summed E-state index contributed by atoms with van der Waals surface area (Å²) in [4.78, 5) is 38.0. The lowest BCUT2D eigenvalue weighted by Gasteiger charge is -2.18. The van der Waals surface area contributed by atoms with E-state index in [0.29, 0.717) is 19.3 Å². The molecule has 0 amide bonds. The van der Waals surface area contributed by atoms with E-state index >= 15 is 0 Å². The van der Waals surface area contributed by atoms with E-state index in [-0.39, 0.29) is 31.1 Å². The third-order valence-electron chi connectivity index (χ3n) is 11.6. The number of ether oxygens (including phenoxy) is 3. The Kier molecular flexibility index (Phi) is 51.4. The van der Waals surface area contributed by atoms with Crippen LogP contribution in [0.4, 0.5) is 0 Å². The maximum Gasteiger partial charge on any atom is 0.306 e. The summed E-state index contributed by atoms with van der Waals surface area (Å²) in [6.45, 7) is 6.43. The number of rotatable bonds is 49. The number of esters is 3. The third-order valence-corrected chi connectivity index (χ3v) is 11.6. The van der Waals surface area contributed by atoms with Crippen molar-refractivity contribution in [2.75, 3.05) is 13.2 Å². The molecule has 0 aromatic rings. The first-order valence-corrected chi connectivity index (χ1v) is 27.6. The van der Waals surface area contributed by atoms with E-state index in [4.69, 9.17) is 14.2 Å². The van der Waals surface area contributed by atoms with E-state index in [0.717, 1.165) is 128 Å². The van der Waals surface area contributed by atoms with Crippen LogP contribution in [0.2, 0.25) is 0 Å². The van der Waals surface area contributed by atoms with Gasteiger partial charge in [-0.15, -0.1) is 0 Å². The molecule has 0 aromatic carbocycles. The molecular weight excluding hydrogens is 817 g/mol. The molecule has 1 unspecified atom stereocenters. The van der Waals surface area contributed by atoms with Gasteiger partial charge in [-0.2, -0.15) is 0 Å². The predicted molar refractivity (Wildman–Crippen MR) is 284 cm³/mol. The molecule has 0 aliphatic carbocycles. The first-order chi connectivity index (χ1) is 32.5. The number of unbranched alkanes of at least 4 members (excludes halogenated alkanes) is 24. The summed E-state index contributed by atoms with van der Waals surface area (Å²) >= 11 is 0. The molecule has 0 aromatic heterocycles. The smallest absolute Gasteiger partial charge is 0.306 e. The molecule has 66 heavy (non-hydrogen) atoms. The lowest BCUT2D eigenvalue weighted by atomic mass is 10.1. The van der Waals surface area contributed by atoms with Gasteiger partial charge in [-0.25, -0.2) is 0 Å². The van der Waals surface area contributed by atoms with Gasteiger partial charge in [0, 0.05) is 19.3 Å². The van der Waals surface area contributed by atoms with Crippen LogP contribution in [0.25, 0.3) is 0 Å². The van der Waals surface area contributed by atoms with E-state index in [1.807, 2.05) is 0 Å². The predicted octanol–water partition coefficient (Wildman–Crippen LogP) is 18.4. The molecule has 0 aliphatic rings. The second-order valence-electron chi connectivity index (χ2n) is 18.1. The van der Waals surface area contributed by atoms with E-state index in [1.165, 1.54) is 89.9 Å². The van der Waals surface area contributed by atoms with Crippen molar-refractivity contribution < 1.29 is 28.6 Å². The highest BCUT2D eigenvalue weighted by Crippen LogP contribution is 2.15. The van der Waals surface area contributed by atoms with Crippen molar-refractivity contribution >= 4 is 17.9 Å². The van der Waals surface area contributed by atoms with Gasteiger partial charge in [0.05, 0.1) is 0 Å². The van der Waals surface area contributed by atoms with Crippen LogP contribution in [0.15, 0.2) is 85.1 Å². The number of carbonyl (C=O) groups excluding carboxylic acids is 3. The fourth-order valence-electron chi connectivity index (χ4n) is 7.51. The largest absolute Gasteiger partial charge is 0.462 e. The first kappa shape index (κ1) is 62.6. The van der Waals surface area contributed by atoms with Gasteiger partial charge < -0.3 is 14.2 Å². The molecule has 0 N–H and O–H groups in total. The fraction of sp³-hybridized carbons (Fsp3) is 0.717. The summed E-state index contributed by atoms with van der Waals surface area (Å²) in [7, 11) is 0. The van der Waals surface area contributed by atoms with E-state index in [9.17, 15) is 14.4 Å². The molecule has 378 valence electrons. The molecular formula is C60H102O6. The minimum absolute atomic E-state index is 0.0824. The fourth-order valence-corrected chi connectivity index (χ4v) is 7.51. The Balaban J connectivity index is 4.26. The third kappa shape index (κ3) is 51.6. The Morgan fingerprint density at radius 3 is 0.985 bits per heavy atom. The Morgan fingerprint density at radius 1 is 0.318 bits per heavy atom. The molecule has 0 saturated heterocycles. The summed E-state index contributed by atoms with van der Waals surface area (Å²) in [5.41, 5.74) is 0. The summed E-state index contributed by atoms with van der Waals surface area (Å²) in [6, 6.07) is 0. The Bertz CT molecular complexity index is 1290. The SMILES string of the molecule is CC/C=C\C/C=C\C/C=C\C/C=C\C/C=C\CCCCCCCCCCCC(=O)OCC(COC(=O)CCCCCCCCCCCC)OC(=O)CCCCCCC/C=C\C/C=C\CCC. The average Bonchev–Trinajstić information content (AvgIpc) is 3.31. The highest BCUT2D eigenvalue weighted by atomic mass is 16.6. The lowest BCUT2D eigenvalue weighted by molar-refractivity contribution is -0.167. The molecule has 6 nitrogen and oxygen atoms in total. The lowest BCUT2D eigenvalue weighted by Crippen LogP contribution is -2.30. The van der Waals surface area contributed by atoms with E-state index in [2.05, 4.69) is 106 Å². The molecule has 1 atom stereocenters. The van der Waals surface area contributed by atoms with Crippen LogP contribution in [0, 0.1) is 0 Å². The van der Waals surface area contributed by atoms with Crippen LogP contribution in [0.1, 0.15) is 258 Å². The maximum atomic E-state index is 12.8. The topological polar surface area (TPSA) is 78.9 Å². The van der Waals surface area contributed by atoms with Gasteiger partial charge in [-0.3, -0.25) is 14.4 Å². The summed E-state index contributed by atoms with van der Waals surface area (Å²) in [6.07, 6.45) is 70.0. The van der Waals surface area contributed by atoms with Crippen LogP contribution < -0.4 is 0 Å². The standard InChI is InChI=1S/C60H102O6/c1-4-7-10-13-16-19-22-24-25-26-27-28-29-30-31-32-33-34-35-37-38-41-44-47-50-53-59(62)65-56-57(55-64-58(61)52-49-46-43-40-21-18-15-12-9-6-3)66-60(63)54-51-48-45-42-39-36-23-20-17-14-11-8-5-2/h7,10-11,14,16,19-20,23-25,27-28,30-31,57H,4-6,8-9,12-13,15,17-18,21-22,26,29,32-56H2,1-3H3/b10-7-,14-11-,19-16-,23-20-,25-24-,28-27-,31-30-. The van der Waals surface area contributed by atoms with Crippen molar-refractivity contribution in [3.05, 3.63) is 85.1 Å². The summed E-state index contributed by atoms with van der Waals surface area (Å²) in [5.74, 6) is -0.902. The molecule has 6 heteroatoms. The Morgan fingerprint density at radius 2 is 0.621 bits per heavy atom. The van der Waals surface area contributed by atoms with Crippen LogP contribution >= 0.6 is 0 Å². The minimum atomic E-state index is -0.783. The van der Waals surface area contributed by atoms with Crippen molar-refractivity contribution in [3.63, 3.8) is 0 Å². The maximum absolute atomic E-state index is 12.8. The quantitative estimate of drug-likeness (QED) is 0.0262. The van der Waals surface area contributed by atoms with Crippen LogP contribution in [0.5, 0.6) is 0 Å². The van der Waals surface area contributed by atoms with Gasteiger partial charge in [0.15, 0.2) is 6.10 Å². The number of allylic oxidation sites excluding steroid dienone is 14. The minimum Gasteiger partial charge on any atom is -0.462 e. The van der Waals surface area contributed by atoms with E-state index < -0.39 is 6.10 Å². The van der Waals surface area contributed by atoms with Crippen LogP contribution in [-0.2, 0) is 28.6 Å². The van der Waals surface area contributed by atoms with Gasteiger partial charge >= 0.3 is 17.9 Å². The molecule has 0 radical (unpaired) electrons. The van der Waals surface area contributed by atoms with Crippen molar-refractivity contribution in [2.24, 2.45) is 0 Å². The number of carbonyl (C=O) groups is 3. The van der Waals surface area contributed by atoms with Crippen LogP contribution in [0.3, 0.4) is 0 Å². The summed E-state index contributed by atoms with van der Waals surface area (Å²) < 4.78 is 16.8. The second-order valence-corrected chi connectivity index (χ2v) is 18.1. The molecule has 0 heterocycles. The Labute approximate surface area is 407 Å². The van der Waals surface area contributed by atoms with Gasteiger partial charge in [0.1, 0.15) is 13.2 Å². The van der Waals surface area contributed by atoms with Crippen molar-refractivity contribution in [2.45, 2.75) is 264 Å². The molecule has 0 spiro atoms. The summed E-state index contributed by atoms with van der Waals surface area (Å²) in [5, 5.41) is 0. The molecule has 0 saturated carbocycles. The second kappa shape index (κ2) is 54.2.